The summed E-state index contributed by atoms with van der Waals surface area (Å²) >= 11 is 1.67. The molecule has 84 valence electrons. The van der Waals surface area contributed by atoms with E-state index in [9.17, 15) is 5.11 Å². The van der Waals surface area contributed by atoms with Crippen molar-refractivity contribution in [3.05, 3.63) is 16.8 Å². The van der Waals surface area contributed by atoms with Gasteiger partial charge in [0.2, 0.25) is 0 Å². The molecule has 0 amide bonds. The van der Waals surface area contributed by atoms with E-state index >= 15 is 0 Å². The highest BCUT2D eigenvalue weighted by molar-refractivity contribution is 7.08. The van der Waals surface area contributed by atoms with Gasteiger partial charge in [0, 0.05) is 24.2 Å². The van der Waals surface area contributed by atoms with Gasteiger partial charge in [-0.15, -0.1) is 0 Å². The van der Waals surface area contributed by atoms with E-state index in [1.54, 1.807) is 11.3 Å². The first-order valence-electron chi connectivity index (χ1n) is 5.51. The van der Waals surface area contributed by atoms with E-state index in [1.807, 2.05) is 11.4 Å². The predicted molar refractivity (Wildman–Crippen MR) is 64.5 cm³/mol. The molecule has 1 saturated heterocycles. The van der Waals surface area contributed by atoms with Gasteiger partial charge in [0.15, 0.2) is 0 Å². The molecular weight excluding hydrogens is 208 g/mol. The quantitative estimate of drug-likeness (QED) is 0.801. The number of hydrogen-bond donors (Lipinski definition) is 2. The molecule has 1 atom stereocenters. The standard InChI is InChI=1S/C11H18N2OS/c14-11(8-13-4-1-2-5-13)7-12-10-3-6-15-9-10/h3,6,9,11-12,14H,1-2,4-5,7-8H2. The topological polar surface area (TPSA) is 35.5 Å². The number of β-amino-alcohol motifs (C(OH)–C–C–N with tert-alkyl or cyclic N) is 1. The van der Waals surface area contributed by atoms with Crippen molar-refractivity contribution in [3.63, 3.8) is 0 Å². The van der Waals surface area contributed by atoms with Gasteiger partial charge in [0.05, 0.1) is 6.10 Å². The van der Waals surface area contributed by atoms with Gasteiger partial charge in [-0.05, 0) is 37.4 Å². The van der Waals surface area contributed by atoms with Crippen molar-refractivity contribution < 1.29 is 5.11 Å². The summed E-state index contributed by atoms with van der Waals surface area (Å²) in [6.45, 7) is 3.75. The van der Waals surface area contributed by atoms with Gasteiger partial charge in [-0.3, -0.25) is 0 Å². The van der Waals surface area contributed by atoms with Gasteiger partial charge in [-0.25, -0.2) is 0 Å². The highest BCUT2D eigenvalue weighted by Gasteiger charge is 2.15. The van der Waals surface area contributed by atoms with Crippen molar-refractivity contribution in [2.24, 2.45) is 0 Å². The van der Waals surface area contributed by atoms with E-state index < -0.39 is 0 Å². The SMILES string of the molecule is OC(CNc1ccsc1)CN1CCCC1. The van der Waals surface area contributed by atoms with Crippen LogP contribution in [-0.2, 0) is 0 Å². The van der Waals surface area contributed by atoms with Gasteiger partial charge in [-0.2, -0.15) is 11.3 Å². The predicted octanol–water partition coefficient (Wildman–Crippen LogP) is 1.62. The monoisotopic (exact) mass is 226 g/mol. The molecule has 0 spiro atoms. The first-order chi connectivity index (χ1) is 7.34. The van der Waals surface area contributed by atoms with Crippen molar-refractivity contribution >= 4 is 17.0 Å². The van der Waals surface area contributed by atoms with E-state index in [0.29, 0.717) is 6.54 Å². The normalized spacial score (nSPS) is 19.3. The summed E-state index contributed by atoms with van der Waals surface area (Å²) in [7, 11) is 0. The molecule has 1 aliphatic heterocycles. The minimum atomic E-state index is -0.261. The number of likely N-dealkylation sites (tertiary alicyclic amines) is 1. The second-order valence-corrected chi connectivity index (χ2v) is 4.83. The van der Waals surface area contributed by atoms with Crippen molar-refractivity contribution in [3.8, 4) is 0 Å². The van der Waals surface area contributed by atoms with Crippen LogP contribution in [0.5, 0.6) is 0 Å². The Bertz CT molecular complexity index is 270. The molecule has 4 heteroatoms. The molecule has 2 N–H and O–H groups in total. The molecule has 1 aromatic heterocycles. The number of nitrogens with one attached hydrogen (secondary N) is 1. The zero-order valence-corrected chi connectivity index (χ0v) is 9.67. The number of rotatable bonds is 5. The molecule has 2 rings (SSSR count). The first kappa shape index (κ1) is 10.9. The maximum absolute atomic E-state index is 9.81. The second kappa shape index (κ2) is 5.49. The Morgan fingerprint density at radius 1 is 1.47 bits per heavy atom. The Morgan fingerprint density at radius 2 is 2.27 bits per heavy atom. The molecule has 0 aromatic carbocycles. The maximum Gasteiger partial charge on any atom is 0.0839 e. The van der Waals surface area contributed by atoms with Crippen LogP contribution in [0.15, 0.2) is 16.8 Å². The van der Waals surface area contributed by atoms with Gasteiger partial charge in [-0.1, -0.05) is 0 Å². The lowest BCUT2D eigenvalue weighted by Crippen LogP contribution is -2.34. The first-order valence-corrected chi connectivity index (χ1v) is 6.45. The highest BCUT2D eigenvalue weighted by atomic mass is 32.1. The zero-order chi connectivity index (χ0) is 10.5. The van der Waals surface area contributed by atoms with Gasteiger partial charge in [0.1, 0.15) is 0 Å². The molecule has 0 saturated carbocycles. The fourth-order valence-electron chi connectivity index (χ4n) is 1.93. The average molecular weight is 226 g/mol. The Balaban J connectivity index is 1.66. The van der Waals surface area contributed by atoms with Gasteiger partial charge in [0.25, 0.3) is 0 Å². The number of thiophene rings is 1. The van der Waals surface area contributed by atoms with E-state index in [1.165, 1.54) is 12.8 Å². The van der Waals surface area contributed by atoms with Crippen LogP contribution in [0, 0.1) is 0 Å². The van der Waals surface area contributed by atoms with E-state index in [-0.39, 0.29) is 6.10 Å². The van der Waals surface area contributed by atoms with Crippen molar-refractivity contribution in [2.45, 2.75) is 18.9 Å². The highest BCUT2D eigenvalue weighted by Crippen LogP contribution is 2.12. The zero-order valence-electron chi connectivity index (χ0n) is 8.85. The summed E-state index contributed by atoms with van der Waals surface area (Å²) in [5.41, 5.74) is 1.11. The number of aliphatic hydroxyl groups excluding tert-OH is 1. The molecular formula is C11H18N2OS. The van der Waals surface area contributed by atoms with Crippen LogP contribution in [0.1, 0.15) is 12.8 Å². The van der Waals surface area contributed by atoms with Crippen LogP contribution in [0.4, 0.5) is 5.69 Å². The van der Waals surface area contributed by atoms with Crippen LogP contribution in [0.25, 0.3) is 0 Å². The molecule has 1 unspecified atom stereocenters. The molecule has 0 aliphatic carbocycles. The van der Waals surface area contributed by atoms with Gasteiger partial charge >= 0.3 is 0 Å². The van der Waals surface area contributed by atoms with Crippen LogP contribution >= 0.6 is 11.3 Å². The third-order valence-corrected chi connectivity index (χ3v) is 3.41. The third kappa shape index (κ3) is 3.48. The van der Waals surface area contributed by atoms with Crippen LogP contribution in [-0.4, -0.2) is 42.3 Å². The summed E-state index contributed by atoms with van der Waals surface area (Å²) < 4.78 is 0. The third-order valence-electron chi connectivity index (χ3n) is 2.73. The number of anilines is 1. The Kier molecular flexibility index (Phi) is 4.00. The number of aliphatic hydroxyl groups is 1. The minimum Gasteiger partial charge on any atom is -0.390 e. The van der Waals surface area contributed by atoms with Crippen molar-refractivity contribution in [2.75, 3.05) is 31.5 Å². The molecule has 0 radical (unpaired) electrons. The van der Waals surface area contributed by atoms with Crippen LogP contribution in [0.3, 0.4) is 0 Å². The lowest BCUT2D eigenvalue weighted by molar-refractivity contribution is 0.135. The van der Waals surface area contributed by atoms with E-state index in [4.69, 9.17) is 0 Å². The maximum atomic E-state index is 9.81. The van der Waals surface area contributed by atoms with Gasteiger partial charge < -0.3 is 15.3 Å². The number of nitrogens with zero attached hydrogens (tertiary/aromatic N) is 1. The average Bonchev–Trinajstić information content (AvgIpc) is 2.86. The Labute approximate surface area is 94.7 Å². The molecule has 1 fully saturated rings. The van der Waals surface area contributed by atoms with E-state index in [0.717, 1.165) is 25.3 Å². The van der Waals surface area contributed by atoms with Crippen LogP contribution in [0.2, 0.25) is 0 Å². The number of hydrogen-bond acceptors (Lipinski definition) is 4. The summed E-state index contributed by atoms with van der Waals surface area (Å²) in [4.78, 5) is 2.33. The summed E-state index contributed by atoms with van der Waals surface area (Å²) in [5, 5.41) is 17.1. The summed E-state index contributed by atoms with van der Waals surface area (Å²) in [6.07, 6.45) is 2.30. The summed E-state index contributed by atoms with van der Waals surface area (Å²) in [6, 6.07) is 2.03. The Morgan fingerprint density at radius 3 is 2.93 bits per heavy atom. The molecule has 1 aromatic rings. The van der Waals surface area contributed by atoms with Crippen molar-refractivity contribution in [1.29, 1.82) is 0 Å². The molecule has 3 nitrogen and oxygen atoms in total. The molecule has 0 bridgehead atoms. The molecule has 2 heterocycles. The van der Waals surface area contributed by atoms with Crippen LogP contribution < -0.4 is 5.32 Å². The summed E-state index contributed by atoms with van der Waals surface area (Å²) in [5.74, 6) is 0. The lowest BCUT2D eigenvalue weighted by atomic mass is 10.3. The van der Waals surface area contributed by atoms with Crippen molar-refractivity contribution in [1.82, 2.24) is 4.90 Å². The second-order valence-electron chi connectivity index (χ2n) is 4.05. The molecule has 1 aliphatic rings. The van der Waals surface area contributed by atoms with E-state index in [2.05, 4.69) is 15.6 Å². The fraction of sp³-hybridized carbons (Fsp3) is 0.636. The Hall–Kier alpha value is -0.580. The lowest BCUT2D eigenvalue weighted by Gasteiger charge is -2.19. The fourth-order valence-corrected chi connectivity index (χ4v) is 2.54. The minimum absolute atomic E-state index is 0.261. The smallest absolute Gasteiger partial charge is 0.0839 e. The largest absolute Gasteiger partial charge is 0.390 e. The molecule has 15 heavy (non-hydrogen) atoms.